The summed E-state index contributed by atoms with van der Waals surface area (Å²) in [5.74, 6) is 0. The van der Waals surface area contributed by atoms with Crippen molar-refractivity contribution in [3.8, 4) is 0 Å². The molecule has 1 fully saturated rings. The second-order valence-electron chi connectivity index (χ2n) is 6.58. The van der Waals surface area contributed by atoms with Crippen molar-refractivity contribution in [1.82, 2.24) is 4.31 Å². The largest absolute Gasteiger partial charge is 0.243 e. The van der Waals surface area contributed by atoms with Crippen molar-refractivity contribution in [2.24, 2.45) is 5.41 Å². The molecule has 2 aromatic carbocycles. The number of nitrogens with zero attached hydrogens (tertiary/aromatic N) is 1. The van der Waals surface area contributed by atoms with Crippen LogP contribution in [0.5, 0.6) is 0 Å². The molecule has 1 aliphatic rings. The van der Waals surface area contributed by atoms with Gasteiger partial charge in [0.05, 0.1) is 4.90 Å². The Morgan fingerprint density at radius 2 is 1.76 bits per heavy atom. The number of rotatable bonds is 2. The first-order valence-corrected chi connectivity index (χ1v) is 8.82. The first-order chi connectivity index (χ1) is 9.90. The molecule has 4 heteroatoms. The van der Waals surface area contributed by atoms with Crippen molar-refractivity contribution in [3.05, 3.63) is 42.5 Å². The van der Waals surface area contributed by atoms with E-state index in [1.54, 1.807) is 10.4 Å². The summed E-state index contributed by atoms with van der Waals surface area (Å²) in [6.07, 6.45) is 2.01. The van der Waals surface area contributed by atoms with Crippen LogP contribution >= 0.6 is 0 Å². The normalized spacial score (nSPS) is 19.7. The van der Waals surface area contributed by atoms with Gasteiger partial charge in [-0.1, -0.05) is 50.2 Å². The van der Waals surface area contributed by atoms with Crippen molar-refractivity contribution in [2.75, 3.05) is 13.1 Å². The molecule has 0 spiro atoms. The molecule has 0 aromatic heterocycles. The molecule has 0 unspecified atom stereocenters. The van der Waals surface area contributed by atoms with E-state index in [0.29, 0.717) is 18.0 Å². The summed E-state index contributed by atoms with van der Waals surface area (Å²) in [6, 6.07) is 13.2. The fourth-order valence-corrected chi connectivity index (χ4v) is 5.02. The number of sulfonamides is 1. The van der Waals surface area contributed by atoms with E-state index in [9.17, 15) is 8.42 Å². The Morgan fingerprint density at radius 1 is 1.05 bits per heavy atom. The molecular weight excluding hydrogens is 282 g/mol. The van der Waals surface area contributed by atoms with Crippen LogP contribution in [0.25, 0.3) is 10.8 Å². The van der Waals surface area contributed by atoms with Crippen LogP contribution in [0.2, 0.25) is 0 Å². The van der Waals surface area contributed by atoms with Crippen molar-refractivity contribution < 1.29 is 8.42 Å². The first kappa shape index (κ1) is 14.5. The van der Waals surface area contributed by atoms with Gasteiger partial charge in [-0.05, 0) is 29.7 Å². The minimum Gasteiger partial charge on any atom is -0.207 e. The minimum atomic E-state index is -3.43. The highest BCUT2D eigenvalue weighted by molar-refractivity contribution is 7.89. The summed E-state index contributed by atoms with van der Waals surface area (Å²) in [6.45, 7) is 5.49. The molecule has 0 bridgehead atoms. The van der Waals surface area contributed by atoms with Gasteiger partial charge in [-0.2, -0.15) is 4.31 Å². The molecule has 0 saturated carbocycles. The van der Waals surface area contributed by atoms with E-state index in [1.807, 2.05) is 36.4 Å². The summed E-state index contributed by atoms with van der Waals surface area (Å²) in [5.41, 5.74) is 0.0515. The Hall–Kier alpha value is -1.39. The third kappa shape index (κ3) is 2.70. The van der Waals surface area contributed by atoms with Crippen molar-refractivity contribution in [1.29, 1.82) is 0 Å². The van der Waals surface area contributed by atoms with Gasteiger partial charge >= 0.3 is 0 Å². The highest BCUT2D eigenvalue weighted by Gasteiger charge is 2.34. The SMILES string of the molecule is CC1(C)CCCN(S(=O)(=O)c2cccc3ccccc23)C1. The molecular formula is C17H21NO2S. The summed E-state index contributed by atoms with van der Waals surface area (Å²) in [7, 11) is -3.43. The Morgan fingerprint density at radius 3 is 2.52 bits per heavy atom. The highest BCUT2D eigenvalue weighted by Crippen LogP contribution is 2.33. The van der Waals surface area contributed by atoms with Crippen LogP contribution in [-0.2, 0) is 10.0 Å². The van der Waals surface area contributed by atoms with E-state index in [1.165, 1.54) is 0 Å². The zero-order valence-electron chi connectivity index (χ0n) is 12.5. The van der Waals surface area contributed by atoms with Crippen LogP contribution in [-0.4, -0.2) is 25.8 Å². The molecule has 0 N–H and O–H groups in total. The minimum absolute atomic E-state index is 0.0515. The summed E-state index contributed by atoms with van der Waals surface area (Å²) in [5, 5.41) is 1.78. The van der Waals surface area contributed by atoms with E-state index < -0.39 is 10.0 Å². The third-order valence-corrected chi connectivity index (χ3v) is 6.14. The topological polar surface area (TPSA) is 37.4 Å². The van der Waals surface area contributed by atoms with Gasteiger partial charge in [-0.3, -0.25) is 0 Å². The van der Waals surface area contributed by atoms with E-state index in [2.05, 4.69) is 13.8 Å². The average Bonchev–Trinajstić information content (AvgIpc) is 2.45. The third-order valence-electron chi connectivity index (χ3n) is 4.23. The Balaban J connectivity index is 2.09. The first-order valence-electron chi connectivity index (χ1n) is 7.38. The number of hydrogen-bond donors (Lipinski definition) is 0. The molecule has 0 amide bonds. The van der Waals surface area contributed by atoms with Crippen molar-refractivity contribution in [3.63, 3.8) is 0 Å². The number of piperidine rings is 1. The summed E-state index contributed by atoms with van der Waals surface area (Å²) in [4.78, 5) is 0.429. The van der Waals surface area contributed by atoms with Gasteiger partial charge in [0.1, 0.15) is 0 Å². The molecule has 0 radical (unpaired) electrons. The number of hydrogen-bond acceptors (Lipinski definition) is 2. The fraction of sp³-hybridized carbons (Fsp3) is 0.412. The van der Waals surface area contributed by atoms with Gasteiger partial charge < -0.3 is 0 Å². The molecule has 0 aliphatic carbocycles. The Labute approximate surface area is 126 Å². The zero-order valence-corrected chi connectivity index (χ0v) is 13.4. The summed E-state index contributed by atoms with van der Waals surface area (Å²) >= 11 is 0. The molecule has 112 valence electrons. The molecule has 1 saturated heterocycles. The maximum atomic E-state index is 13.0. The lowest BCUT2D eigenvalue weighted by Crippen LogP contribution is -2.43. The highest BCUT2D eigenvalue weighted by atomic mass is 32.2. The lowest BCUT2D eigenvalue weighted by Gasteiger charge is -2.37. The van der Waals surface area contributed by atoms with Crippen LogP contribution in [0.3, 0.4) is 0 Å². The van der Waals surface area contributed by atoms with E-state index in [0.717, 1.165) is 23.6 Å². The average molecular weight is 303 g/mol. The van der Waals surface area contributed by atoms with Gasteiger partial charge in [-0.15, -0.1) is 0 Å². The van der Waals surface area contributed by atoms with Crippen LogP contribution in [0.1, 0.15) is 26.7 Å². The number of fused-ring (bicyclic) bond motifs is 1. The Kier molecular flexibility index (Phi) is 3.54. The Bertz CT molecular complexity index is 760. The zero-order chi connectivity index (χ0) is 15.1. The van der Waals surface area contributed by atoms with Crippen LogP contribution in [0, 0.1) is 5.41 Å². The van der Waals surface area contributed by atoms with Gasteiger partial charge in [0.25, 0.3) is 0 Å². The maximum absolute atomic E-state index is 13.0. The maximum Gasteiger partial charge on any atom is 0.243 e. The van der Waals surface area contributed by atoms with Gasteiger partial charge in [0.15, 0.2) is 0 Å². The molecule has 2 aromatic rings. The van der Waals surface area contributed by atoms with Gasteiger partial charge in [-0.25, -0.2) is 8.42 Å². The van der Waals surface area contributed by atoms with Gasteiger partial charge in [0.2, 0.25) is 10.0 Å². The lowest BCUT2D eigenvalue weighted by molar-refractivity contribution is 0.187. The fourth-order valence-electron chi connectivity index (χ4n) is 3.13. The van der Waals surface area contributed by atoms with Crippen LogP contribution < -0.4 is 0 Å². The quantitative estimate of drug-likeness (QED) is 0.849. The van der Waals surface area contributed by atoms with Gasteiger partial charge in [0, 0.05) is 18.5 Å². The second kappa shape index (κ2) is 5.11. The van der Waals surface area contributed by atoms with Crippen molar-refractivity contribution >= 4 is 20.8 Å². The smallest absolute Gasteiger partial charge is 0.207 e. The van der Waals surface area contributed by atoms with Crippen LogP contribution in [0.15, 0.2) is 47.4 Å². The molecule has 0 atom stereocenters. The molecule has 3 nitrogen and oxygen atoms in total. The molecule has 1 aliphatic heterocycles. The van der Waals surface area contributed by atoms with Crippen LogP contribution in [0.4, 0.5) is 0 Å². The second-order valence-corrected chi connectivity index (χ2v) is 8.49. The van der Waals surface area contributed by atoms with E-state index >= 15 is 0 Å². The molecule has 1 heterocycles. The summed E-state index contributed by atoms with van der Waals surface area (Å²) < 4.78 is 27.7. The van der Waals surface area contributed by atoms with E-state index in [4.69, 9.17) is 0 Å². The van der Waals surface area contributed by atoms with Crippen molar-refractivity contribution in [2.45, 2.75) is 31.6 Å². The predicted molar refractivity (Wildman–Crippen MR) is 85.7 cm³/mol. The monoisotopic (exact) mass is 303 g/mol. The number of benzene rings is 2. The molecule has 3 rings (SSSR count). The molecule has 21 heavy (non-hydrogen) atoms. The van der Waals surface area contributed by atoms with E-state index in [-0.39, 0.29) is 5.41 Å². The standard InChI is InChI=1S/C17H21NO2S/c1-17(2)11-6-12-18(13-17)21(19,20)16-10-5-8-14-7-3-4-9-15(14)16/h3-5,7-10H,6,11-13H2,1-2H3. The lowest BCUT2D eigenvalue weighted by atomic mass is 9.85. The predicted octanol–water partition coefficient (Wildman–Crippen LogP) is 3.65.